The molecule has 1 aromatic carbocycles. The third-order valence-electron chi connectivity index (χ3n) is 3.13. The molecular formula is C13H19NO3S. The van der Waals surface area contributed by atoms with E-state index >= 15 is 0 Å². The van der Waals surface area contributed by atoms with Gasteiger partial charge in [0.1, 0.15) is 0 Å². The highest BCUT2D eigenvalue weighted by Gasteiger charge is 2.15. The van der Waals surface area contributed by atoms with Gasteiger partial charge < -0.3 is 0 Å². The van der Waals surface area contributed by atoms with Crippen LogP contribution in [-0.2, 0) is 27.3 Å². The van der Waals surface area contributed by atoms with Gasteiger partial charge in [-0.25, -0.2) is 0 Å². The monoisotopic (exact) mass is 269 g/mol. The first kappa shape index (κ1) is 13.5. The second-order valence-corrected chi connectivity index (χ2v) is 6.32. The van der Waals surface area contributed by atoms with Gasteiger partial charge in [-0.15, -0.1) is 0 Å². The summed E-state index contributed by atoms with van der Waals surface area (Å²) >= 11 is 0. The van der Waals surface area contributed by atoms with E-state index in [0.29, 0.717) is 0 Å². The molecular weight excluding hydrogens is 250 g/mol. The summed E-state index contributed by atoms with van der Waals surface area (Å²) in [5.41, 5.74) is 2.81. The molecule has 0 aliphatic carbocycles. The maximum Gasteiger partial charge on any atom is 0.264 e. The van der Waals surface area contributed by atoms with Crippen molar-refractivity contribution in [2.24, 2.45) is 0 Å². The predicted molar refractivity (Wildman–Crippen MR) is 70.8 cm³/mol. The van der Waals surface area contributed by atoms with Crippen molar-refractivity contribution in [3.8, 4) is 0 Å². The summed E-state index contributed by atoms with van der Waals surface area (Å²) in [6.07, 6.45) is 2.91. The van der Waals surface area contributed by atoms with Crippen LogP contribution in [0.4, 0.5) is 0 Å². The molecule has 0 bridgehead atoms. The lowest BCUT2D eigenvalue weighted by molar-refractivity contribution is 0.223. The van der Waals surface area contributed by atoms with Crippen molar-refractivity contribution in [2.75, 3.05) is 26.0 Å². The summed E-state index contributed by atoms with van der Waals surface area (Å²) in [4.78, 5) is 2.34. The molecule has 0 N–H and O–H groups in total. The number of hydrogen-bond donors (Lipinski definition) is 0. The fourth-order valence-corrected chi connectivity index (χ4v) is 2.66. The van der Waals surface area contributed by atoms with Crippen LogP contribution < -0.4 is 0 Å². The summed E-state index contributed by atoms with van der Waals surface area (Å²) in [5, 5.41) is 0. The normalized spacial score (nSPS) is 16.5. The lowest BCUT2D eigenvalue weighted by atomic mass is 10.00. The fourth-order valence-electron chi connectivity index (χ4n) is 2.24. The first-order chi connectivity index (χ1) is 8.54. The van der Waals surface area contributed by atoms with Crippen molar-refractivity contribution in [1.82, 2.24) is 4.90 Å². The maximum absolute atomic E-state index is 10.8. The van der Waals surface area contributed by atoms with Crippen LogP contribution in [0, 0.1) is 0 Å². The largest absolute Gasteiger partial charge is 0.299 e. The van der Waals surface area contributed by atoms with Gasteiger partial charge in [-0.2, -0.15) is 8.42 Å². The van der Waals surface area contributed by atoms with Crippen LogP contribution in [-0.4, -0.2) is 39.3 Å². The van der Waals surface area contributed by atoms with Crippen molar-refractivity contribution in [2.45, 2.75) is 19.4 Å². The van der Waals surface area contributed by atoms with E-state index in [1.807, 2.05) is 0 Å². The van der Waals surface area contributed by atoms with Crippen LogP contribution in [0.2, 0.25) is 0 Å². The highest BCUT2D eigenvalue weighted by Crippen LogP contribution is 2.18. The van der Waals surface area contributed by atoms with Crippen molar-refractivity contribution in [3.63, 3.8) is 0 Å². The van der Waals surface area contributed by atoms with E-state index in [1.165, 1.54) is 11.1 Å². The molecule has 2 rings (SSSR count). The molecule has 18 heavy (non-hydrogen) atoms. The van der Waals surface area contributed by atoms with E-state index in [2.05, 4.69) is 29.2 Å². The molecule has 0 amide bonds. The molecule has 5 heteroatoms. The topological polar surface area (TPSA) is 46.6 Å². The highest BCUT2D eigenvalue weighted by molar-refractivity contribution is 7.85. The van der Waals surface area contributed by atoms with Gasteiger partial charge in [0.2, 0.25) is 0 Å². The Kier molecular flexibility index (Phi) is 4.37. The smallest absolute Gasteiger partial charge is 0.264 e. The SMILES string of the molecule is CS(=O)(=O)OCCCN1CCc2ccccc2C1. The lowest BCUT2D eigenvalue weighted by Gasteiger charge is -2.28. The van der Waals surface area contributed by atoms with Crippen molar-refractivity contribution in [1.29, 1.82) is 0 Å². The van der Waals surface area contributed by atoms with Gasteiger partial charge in [0.15, 0.2) is 0 Å². The first-order valence-electron chi connectivity index (χ1n) is 6.18. The molecule has 1 aliphatic heterocycles. The Bertz CT molecular complexity index is 499. The van der Waals surface area contributed by atoms with Crippen LogP contribution in [0.25, 0.3) is 0 Å². The van der Waals surface area contributed by atoms with E-state index in [-0.39, 0.29) is 6.61 Å². The van der Waals surface area contributed by atoms with E-state index in [9.17, 15) is 8.42 Å². The minimum Gasteiger partial charge on any atom is -0.299 e. The Morgan fingerprint density at radius 3 is 2.72 bits per heavy atom. The van der Waals surface area contributed by atoms with Crippen molar-refractivity contribution >= 4 is 10.1 Å². The molecule has 1 aromatic rings. The second-order valence-electron chi connectivity index (χ2n) is 4.67. The van der Waals surface area contributed by atoms with Crippen LogP contribution in [0.3, 0.4) is 0 Å². The molecule has 4 nitrogen and oxygen atoms in total. The van der Waals surface area contributed by atoms with Gasteiger partial charge >= 0.3 is 0 Å². The van der Waals surface area contributed by atoms with Gasteiger partial charge in [0.25, 0.3) is 10.1 Å². The summed E-state index contributed by atoms with van der Waals surface area (Å²) in [6.45, 7) is 3.14. The number of hydrogen-bond acceptors (Lipinski definition) is 4. The molecule has 100 valence electrons. The third-order valence-corrected chi connectivity index (χ3v) is 3.72. The third kappa shape index (κ3) is 4.08. The average molecular weight is 269 g/mol. The van der Waals surface area contributed by atoms with E-state index in [4.69, 9.17) is 4.18 Å². The minimum absolute atomic E-state index is 0.275. The predicted octanol–water partition coefficient (Wildman–Crippen LogP) is 1.41. The van der Waals surface area contributed by atoms with Crippen LogP contribution in [0.1, 0.15) is 17.5 Å². The molecule has 0 unspecified atom stereocenters. The second kappa shape index (κ2) is 5.82. The molecule has 1 aliphatic rings. The molecule has 1 heterocycles. The summed E-state index contributed by atoms with van der Waals surface area (Å²) in [5.74, 6) is 0. The van der Waals surface area contributed by atoms with Crippen molar-refractivity contribution in [3.05, 3.63) is 35.4 Å². The first-order valence-corrected chi connectivity index (χ1v) is 8.00. The van der Waals surface area contributed by atoms with E-state index in [1.54, 1.807) is 0 Å². The van der Waals surface area contributed by atoms with Gasteiger partial charge in [-0.3, -0.25) is 9.08 Å². The van der Waals surface area contributed by atoms with Gasteiger partial charge in [0, 0.05) is 19.6 Å². The number of fused-ring (bicyclic) bond motifs is 1. The molecule has 0 aromatic heterocycles. The Balaban J connectivity index is 1.77. The quantitative estimate of drug-likeness (QED) is 0.599. The molecule has 0 saturated carbocycles. The fraction of sp³-hybridized carbons (Fsp3) is 0.538. The Hall–Kier alpha value is -0.910. The zero-order chi connectivity index (χ0) is 13.0. The van der Waals surface area contributed by atoms with Crippen LogP contribution in [0.5, 0.6) is 0 Å². The van der Waals surface area contributed by atoms with Gasteiger partial charge in [0.05, 0.1) is 12.9 Å². The molecule has 0 spiro atoms. The lowest BCUT2D eigenvalue weighted by Crippen LogP contribution is -2.31. The number of benzene rings is 1. The van der Waals surface area contributed by atoms with Gasteiger partial charge in [-0.1, -0.05) is 24.3 Å². The summed E-state index contributed by atoms with van der Waals surface area (Å²) in [6, 6.07) is 8.48. The van der Waals surface area contributed by atoms with Crippen molar-refractivity contribution < 1.29 is 12.6 Å². The van der Waals surface area contributed by atoms with Crippen LogP contribution in [0.15, 0.2) is 24.3 Å². The van der Waals surface area contributed by atoms with E-state index < -0.39 is 10.1 Å². The minimum atomic E-state index is -3.29. The Morgan fingerprint density at radius 2 is 2.00 bits per heavy atom. The molecule has 0 saturated heterocycles. The van der Waals surface area contributed by atoms with Gasteiger partial charge in [-0.05, 0) is 24.0 Å². The molecule has 0 fully saturated rings. The zero-order valence-electron chi connectivity index (χ0n) is 10.6. The standard InChI is InChI=1S/C13H19NO3S/c1-18(15,16)17-10-4-8-14-9-7-12-5-2-3-6-13(12)11-14/h2-3,5-6H,4,7-11H2,1H3. The maximum atomic E-state index is 10.8. The molecule has 0 radical (unpaired) electrons. The van der Waals surface area contributed by atoms with E-state index in [0.717, 1.165) is 38.7 Å². The number of nitrogens with zero attached hydrogens (tertiary/aromatic N) is 1. The summed E-state index contributed by atoms with van der Waals surface area (Å²) < 4.78 is 26.4. The summed E-state index contributed by atoms with van der Waals surface area (Å²) in [7, 11) is -3.29. The number of rotatable bonds is 5. The Labute approximate surface area is 109 Å². The Morgan fingerprint density at radius 1 is 1.28 bits per heavy atom. The molecule has 0 atom stereocenters. The van der Waals surface area contributed by atoms with Crippen LogP contribution >= 0.6 is 0 Å². The highest BCUT2D eigenvalue weighted by atomic mass is 32.2. The average Bonchev–Trinajstić information content (AvgIpc) is 2.33. The zero-order valence-corrected chi connectivity index (χ0v) is 11.4.